The Kier molecular flexibility index (Phi) is 7.11. The third-order valence-corrected chi connectivity index (χ3v) is 4.56. The predicted octanol–water partition coefficient (Wildman–Crippen LogP) is 1.49. The minimum Gasteiger partial charge on any atom is -0.342 e. The highest BCUT2D eigenvalue weighted by molar-refractivity contribution is 5.85. The average Bonchev–Trinajstić information content (AvgIpc) is 2.86. The Balaban J connectivity index is 0.00000180. The van der Waals surface area contributed by atoms with E-state index in [0.717, 1.165) is 19.5 Å². The molecule has 2 rings (SSSR count). The highest BCUT2D eigenvalue weighted by atomic mass is 35.5. The Labute approximate surface area is 123 Å². The second kappa shape index (κ2) is 8.08. The number of likely N-dealkylation sites (tertiary alicyclic amines) is 1. The molecule has 0 aromatic heterocycles. The van der Waals surface area contributed by atoms with Gasteiger partial charge < -0.3 is 10.2 Å². The predicted molar refractivity (Wildman–Crippen MR) is 80.8 cm³/mol. The van der Waals surface area contributed by atoms with Crippen LogP contribution in [0.1, 0.15) is 38.5 Å². The quantitative estimate of drug-likeness (QED) is 0.852. The first-order chi connectivity index (χ1) is 8.70. The van der Waals surface area contributed by atoms with Gasteiger partial charge in [-0.2, -0.15) is 0 Å². The standard InChI is InChI=1S/C14H27N3O.ClH/c1-15-12-8-9-17(10-12)11-14(18)16(2)13-6-4-3-5-7-13;/h12-13,15H,3-11H2,1-2H3;1H. The monoisotopic (exact) mass is 289 g/mol. The lowest BCUT2D eigenvalue weighted by Crippen LogP contribution is -2.44. The summed E-state index contributed by atoms with van der Waals surface area (Å²) in [5.74, 6) is 0.304. The fourth-order valence-electron chi connectivity index (χ4n) is 3.19. The van der Waals surface area contributed by atoms with E-state index in [0.29, 0.717) is 24.5 Å². The topological polar surface area (TPSA) is 35.6 Å². The fraction of sp³-hybridized carbons (Fsp3) is 0.929. The Morgan fingerprint density at radius 3 is 2.53 bits per heavy atom. The number of hydrogen-bond acceptors (Lipinski definition) is 3. The highest BCUT2D eigenvalue weighted by Gasteiger charge is 2.26. The summed E-state index contributed by atoms with van der Waals surface area (Å²) in [6, 6.07) is 1.06. The van der Waals surface area contributed by atoms with Crippen molar-refractivity contribution < 1.29 is 4.79 Å². The lowest BCUT2D eigenvalue weighted by atomic mass is 9.94. The van der Waals surface area contributed by atoms with Crippen molar-refractivity contribution in [3.05, 3.63) is 0 Å². The molecule has 0 spiro atoms. The number of carbonyl (C=O) groups excluding carboxylic acids is 1. The molecule has 1 unspecified atom stereocenters. The van der Waals surface area contributed by atoms with E-state index in [1.54, 1.807) is 0 Å². The maximum absolute atomic E-state index is 12.3. The van der Waals surface area contributed by atoms with E-state index >= 15 is 0 Å². The molecule has 1 saturated heterocycles. The molecule has 0 aromatic carbocycles. The Morgan fingerprint density at radius 2 is 1.95 bits per heavy atom. The summed E-state index contributed by atoms with van der Waals surface area (Å²) in [6.45, 7) is 2.67. The van der Waals surface area contributed by atoms with Crippen molar-refractivity contribution in [1.82, 2.24) is 15.1 Å². The number of likely N-dealkylation sites (N-methyl/N-ethyl adjacent to an activating group) is 2. The van der Waals surface area contributed by atoms with Crippen LogP contribution in [0.5, 0.6) is 0 Å². The number of halogens is 1. The zero-order valence-corrected chi connectivity index (χ0v) is 13.0. The largest absolute Gasteiger partial charge is 0.342 e. The first kappa shape index (κ1) is 16.7. The molecule has 1 aliphatic heterocycles. The number of amides is 1. The average molecular weight is 290 g/mol. The highest BCUT2D eigenvalue weighted by Crippen LogP contribution is 2.22. The Morgan fingerprint density at radius 1 is 1.26 bits per heavy atom. The molecule has 1 amide bonds. The maximum Gasteiger partial charge on any atom is 0.236 e. The summed E-state index contributed by atoms with van der Waals surface area (Å²) < 4.78 is 0. The van der Waals surface area contributed by atoms with Crippen molar-refractivity contribution in [2.75, 3.05) is 33.7 Å². The van der Waals surface area contributed by atoms with E-state index in [1.165, 1.54) is 32.1 Å². The lowest BCUT2D eigenvalue weighted by Gasteiger charge is -2.32. The summed E-state index contributed by atoms with van der Waals surface area (Å²) in [4.78, 5) is 16.5. The van der Waals surface area contributed by atoms with Gasteiger partial charge in [-0.1, -0.05) is 19.3 Å². The molecule has 2 fully saturated rings. The SMILES string of the molecule is CNC1CCN(CC(=O)N(C)C2CCCCC2)C1.Cl. The molecule has 112 valence electrons. The lowest BCUT2D eigenvalue weighted by molar-refractivity contribution is -0.133. The smallest absolute Gasteiger partial charge is 0.236 e. The third-order valence-electron chi connectivity index (χ3n) is 4.56. The van der Waals surface area contributed by atoms with Gasteiger partial charge >= 0.3 is 0 Å². The fourth-order valence-corrected chi connectivity index (χ4v) is 3.19. The summed E-state index contributed by atoms with van der Waals surface area (Å²) in [7, 11) is 3.99. The second-order valence-corrected chi connectivity index (χ2v) is 5.81. The van der Waals surface area contributed by atoms with E-state index in [4.69, 9.17) is 0 Å². The van der Waals surface area contributed by atoms with Crippen LogP contribution in [-0.2, 0) is 4.79 Å². The molecule has 1 aliphatic carbocycles. The van der Waals surface area contributed by atoms with Crippen LogP contribution in [0.3, 0.4) is 0 Å². The number of carbonyl (C=O) groups is 1. The number of hydrogen-bond donors (Lipinski definition) is 1. The van der Waals surface area contributed by atoms with Gasteiger partial charge in [0.1, 0.15) is 0 Å². The molecule has 2 aliphatic rings. The van der Waals surface area contributed by atoms with E-state index in [-0.39, 0.29) is 12.4 Å². The van der Waals surface area contributed by atoms with Crippen LogP contribution in [0.25, 0.3) is 0 Å². The number of nitrogens with one attached hydrogen (secondary N) is 1. The van der Waals surface area contributed by atoms with Gasteiger partial charge in [0.15, 0.2) is 0 Å². The van der Waals surface area contributed by atoms with E-state index < -0.39 is 0 Å². The zero-order valence-electron chi connectivity index (χ0n) is 12.2. The molecule has 0 radical (unpaired) electrons. The van der Waals surface area contributed by atoms with Crippen LogP contribution in [0, 0.1) is 0 Å². The summed E-state index contributed by atoms with van der Waals surface area (Å²) in [5.41, 5.74) is 0. The summed E-state index contributed by atoms with van der Waals surface area (Å²) >= 11 is 0. The van der Waals surface area contributed by atoms with Gasteiger partial charge in [0.05, 0.1) is 6.54 Å². The van der Waals surface area contributed by atoms with Crippen molar-refractivity contribution in [1.29, 1.82) is 0 Å². The van der Waals surface area contributed by atoms with Crippen LogP contribution in [-0.4, -0.2) is 61.5 Å². The summed E-state index contributed by atoms with van der Waals surface area (Å²) in [6.07, 6.45) is 7.47. The third kappa shape index (κ3) is 4.62. The molecule has 0 aromatic rings. The van der Waals surface area contributed by atoms with E-state index in [1.807, 2.05) is 19.0 Å². The van der Waals surface area contributed by atoms with Crippen molar-refractivity contribution in [2.24, 2.45) is 0 Å². The molecular formula is C14H28ClN3O. The van der Waals surface area contributed by atoms with Gasteiger partial charge in [0.25, 0.3) is 0 Å². The Hall–Kier alpha value is -0.320. The molecule has 4 nitrogen and oxygen atoms in total. The van der Waals surface area contributed by atoms with E-state index in [9.17, 15) is 4.79 Å². The second-order valence-electron chi connectivity index (χ2n) is 5.81. The first-order valence-corrected chi connectivity index (χ1v) is 7.36. The van der Waals surface area contributed by atoms with Crippen molar-refractivity contribution in [2.45, 2.75) is 50.6 Å². The van der Waals surface area contributed by atoms with Gasteiger partial charge in [-0.15, -0.1) is 12.4 Å². The number of rotatable bonds is 4. The van der Waals surface area contributed by atoms with Crippen LogP contribution in [0.4, 0.5) is 0 Å². The minimum atomic E-state index is 0. The Bertz CT molecular complexity index is 282. The normalized spacial score (nSPS) is 25.1. The summed E-state index contributed by atoms with van der Waals surface area (Å²) in [5, 5.41) is 3.29. The molecule has 19 heavy (non-hydrogen) atoms. The van der Waals surface area contributed by atoms with Crippen molar-refractivity contribution in [3.8, 4) is 0 Å². The van der Waals surface area contributed by atoms with Crippen LogP contribution < -0.4 is 5.32 Å². The van der Waals surface area contributed by atoms with E-state index in [2.05, 4.69) is 10.2 Å². The first-order valence-electron chi connectivity index (χ1n) is 7.36. The van der Waals surface area contributed by atoms with Gasteiger partial charge in [-0.05, 0) is 26.3 Å². The molecule has 5 heteroatoms. The molecule has 0 bridgehead atoms. The number of nitrogens with zero attached hydrogens (tertiary/aromatic N) is 2. The van der Waals surface area contributed by atoms with Crippen LogP contribution in [0.2, 0.25) is 0 Å². The molecule has 1 atom stereocenters. The van der Waals surface area contributed by atoms with Gasteiger partial charge in [-0.25, -0.2) is 0 Å². The maximum atomic E-state index is 12.3. The molecule has 1 heterocycles. The van der Waals surface area contributed by atoms with Gasteiger partial charge in [0, 0.05) is 32.2 Å². The van der Waals surface area contributed by atoms with Gasteiger partial charge in [-0.3, -0.25) is 9.69 Å². The molecular weight excluding hydrogens is 262 g/mol. The molecule has 1 N–H and O–H groups in total. The van der Waals surface area contributed by atoms with Crippen molar-refractivity contribution in [3.63, 3.8) is 0 Å². The van der Waals surface area contributed by atoms with Crippen LogP contribution in [0.15, 0.2) is 0 Å². The van der Waals surface area contributed by atoms with Crippen LogP contribution >= 0.6 is 12.4 Å². The van der Waals surface area contributed by atoms with Gasteiger partial charge in [0.2, 0.25) is 5.91 Å². The zero-order chi connectivity index (χ0) is 13.0. The minimum absolute atomic E-state index is 0. The van der Waals surface area contributed by atoms with Crippen molar-refractivity contribution >= 4 is 18.3 Å². The molecule has 1 saturated carbocycles.